The van der Waals surface area contributed by atoms with Crippen LogP contribution in [0.15, 0.2) is 30.3 Å². The number of rotatable bonds is 7. The summed E-state index contributed by atoms with van der Waals surface area (Å²) >= 11 is 0. The van der Waals surface area contributed by atoms with Gasteiger partial charge >= 0.3 is 0 Å². The molecule has 0 aromatic heterocycles. The van der Waals surface area contributed by atoms with Gasteiger partial charge in [-0.3, -0.25) is 14.4 Å². The molecule has 3 amide bonds. The second kappa shape index (κ2) is 9.22. The van der Waals surface area contributed by atoms with E-state index < -0.39 is 6.04 Å². The molecule has 28 heavy (non-hydrogen) atoms. The van der Waals surface area contributed by atoms with Gasteiger partial charge in [0.05, 0.1) is 0 Å². The smallest absolute Gasteiger partial charge is 0.246 e. The fourth-order valence-corrected chi connectivity index (χ4v) is 3.82. The topological polar surface area (TPSA) is 69.7 Å². The number of hydrogen-bond donors (Lipinski definition) is 1. The van der Waals surface area contributed by atoms with E-state index in [1.807, 2.05) is 42.2 Å². The number of nitrogens with zero attached hydrogens (tertiary/aromatic N) is 2. The van der Waals surface area contributed by atoms with Gasteiger partial charge in [0.1, 0.15) is 6.04 Å². The summed E-state index contributed by atoms with van der Waals surface area (Å²) in [6, 6.07) is 8.77. The number of piperidine rings is 1. The van der Waals surface area contributed by atoms with Crippen molar-refractivity contribution >= 4 is 23.4 Å². The third-order valence-corrected chi connectivity index (χ3v) is 5.72. The molecule has 6 heteroatoms. The summed E-state index contributed by atoms with van der Waals surface area (Å²) in [7, 11) is 0. The Morgan fingerprint density at radius 1 is 1.07 bits per heavy atom. The van der Waals surface area contributed by atoms with Crippen LogP contribution < -0.4 is 5.32 Å². The van der Waals surface area contributed by atoms with Crippen LogP contribution in [-0.2, 0) is 14.4 Å². The molecule has 1 aliphatic heterocycles. The number of nitrogens with one attached hydrogen (secondary N) is 1. The first-order valence-corrected chi connectivity index (χ1v) is 10.5. The Hall–Kier alpha value is -2.37. The first-order chi connectivity index (χ1) is 13.5. The van der Waals surface area contributed by atoms with E-state index in [0.29, 0.717) is 32.5 Å². The van der Waals surface area contributed by atoms with Crippen molar-refractivity contribution in [1.29, 1.82) is 0 Å². The lowest BCUT2D eigenvalue weighted by molar-refractivity contribution is -0.145. The summed E-state index contributed by atoms with van der Waals surface area (Å²) in [6.45, 7) is 5.66. The summed E-state index contributed by atoms with van der Waals surface area (Å²) in [6.07, 6.45) is 4.19. The van der Waals surface area contributed by atoms with Crippen molar-refractivity contribution in [2.45, 2.75) is 52.0 Å². The molecular weight excluding hydrogens is 354 g/mol. The molecule has 1 saturated carbocycles. The van der Waals surface area contributed by atoms with Crippen LogP contribution in [0, 0.1) is 11.8 Å². The third-order valence-electron chi connectivity index (χ3n) is 5.72. The lowest BCUT2D eigenvalue weighted by atomic mass is 9.94. The van der Waals surface area contributed by atoms with Crippen molar-refractivity contribution in [2.75, 3.05) is 25.0 Å². The fourth-order valence-electron chi connectivity index (χ4n) is 3.82. The number of benzene rings is 1. The molecule has 0 spiro atoms. The second-order valence-corrected chi connectivity index (χ2v) is 7.94. The summed E-state index contributed by atoms with van der Waals surface area (Å²) in [5, 5.41) is 2.89. The highest BCUT2D eigenvalue weighted by molar-refractivity contribution is 5.97. The van der Waals surface area contributed by atoms with Crippen molar-refractivity contribution < 1.29 is 14.4 Å². The maximum Gasteiger partial charge on any atom is 0.246 e. The van der Waals surface area contributed by atoms with Crippen molar-refractivity contribution in [3.63, 3.8) is 0 Å². The standard InChI is InChI=1S/C22H31N3O3/c1-3-13-25(16(2)20(26)23-19-7-5-4-6-8-19)22(28)18-11-14-24(15-12-18)21(27)17-9-10-17/h4-8,16-18H,3,9-15H2,1-2H3,(H,23,26). The van der Waals surface area contributed by atoms with E-state index in [-0.39, 0.29) is 29.6 Å². The zero-order chi connectivity index (χ0) is 20.1. The lowest BCUT2D eigenvalue weighted by Gasteiger charge is -2.36. The molecule has 1 heterocycles. The molecule has 1 aromatic carbocycles. The first-order valence-electron chi connectivity index (χ1n) is 10.5. The first kappa shape index (κ1) is 20.4. The van der Waals surface area contributed by atoms with E-state index in [1.54, 1.807) is 11.8 Å². The van der Waals surface area contributed by atoms with Crippen LogP contribution in [0.3, 0.4) is 0 Å². The maximum absolute atomic E-state index is 13.2. The Bertz CT molecular complexity index is 694. The van der Waals surface area contributed by atoms with Gasteiger partial charge in [-0.15, -0.1) is 0 Å². The van der Waals surface area contributed by atoms with Crippen LogP contribution in [-0.4, -0.2) is 53.2 Å². The molecule has 0 radical (unpaired) electrons. The fraction of sp³-hybridized carbons (Fsp3) is 0.591. The molecule has 2 aliphatic rings. The molecule has 6 nitrogen and oxygen atoms in total. The van der Waals surface area contributed by atoms with Gasteiger partial charge in [-0.2, -0.15) is 0 Å². The lowest BCUT2D eigenvalue weighted by Crippen LogP contribution is -2.50. The zero-order valence-electron chi connectivity index (χ0n) is 16.9. The Kier molecular flexibility index (Phi) is 6.70. The quantitative estimate of drug-likeness (QED) is 0.785. The predicted octanol–water partition coefficient (Wildman–Crippen LogP) is 2.90. The highest BCUT2D eigenvalue weighted by atomic mass is 16.2. The van der Waals surface area contributed by atoms with Gasteiger partial charge in [0.15, 0.2) is 0 Å². The molecule has 152 valence electrons. The van der Waals surface area contributed by atoms with E-state index in [2.05, 4.69) is 5.32 Å². The highest BCUT2D eigenvalue weighted by Gasteiger charge is 2.37. The summed E-state index contributed by atoms with van der Waals surface area (Å²) in [5.74, 6) is 0.240. The van der Waals surface area contributed by atoms with E-state index in [4.69, 9.17) is 0 Å². The molecule has 1 aromatic rings. The van der Waals surface area contributed by atoms with Crippen LogP contribution >= 0.6 is 0 Å². The Morgan fingerprint density at radius 3 is 2.29 bits per heavy atom. The molecule has 3 rings (SSSR count). The monoisotopic (exact) mass is 385 g/mol. The molecular formula is C22H31N3O3. The Balaban J connectivity index is 1.58. The minimum Gasteiger partial charge on any atom is -0.342 e. The van der Waals surface area contributed by atoms with E-state index in [9.17, 15) is 14.4 Å². The summed E-state index contributed by atoms with van der Waals surface area (Å²) in [4.78, 5) is 41.7. The number of hydrogen-bond acceptors (Lipinski definition) is 3. The molecule has 1 saturated heterocycles. The molecule has 1 unspecified atom stereocenters. The van der Waals surface area contributed by atoms with E-state index >= 15 is 0 Å². The van der Waals surface area contributed by atoms with Gasteiger partial charge in [-0.1, -0.05) is 25.1 Å². The molecule has 1 aliphatic carbocycles. The number of amides is 3. The van der Waals surface area contributed by atoms with Crippen LogP contribution in [0.25, 0.3) is 0 Å². The average Bonchev–Trinajstić information content (AvgIpc) is 3.57. The van der Waals surface area contributed by atoms with Crippen LogP contribution in [0.1, 0.15) is 46.0 Å². The minimum absolute atomic E-state index is 0.0380. The van der Waals surface area contributed by atoms with Gasteiger partial charge in [0, 0.05) is 37.2 Å². The van der Waals surface area contributed by atoms with Crippen molar-refractivity contribution in [2.24, 2.45) is 11.8 Å². The average molecular weight is 386 g/mol. The van der Waals surface area contributed by atoms with Crippen LogP contribution in [0.2, 0.25) is 0 Å². The number of carbonyl (C=O) groups excluding carboxylic acids is 3. The SMILES string of the molecule is CCCN(C(=O)C1CCN(C(=O)C2CC2)CC1)C(C)C(=O)Nc1ccccc1. The Morgan fingerprint density at radius 2 is 1.71 bits per heavy atom. The summed E-state index contributed by atoms with van der Waals surface area (Å²) in [5.41, 5.74) is 0.732. The van der Waals surface area contributed by atoms with Crippen molar-refractivity contribution in [1.82, 2.24) is 9.80 Å². The molecule has 1 atom stereocenters. The van der Waals surface area contributed by atoms with Crippen molar-refractivity contribution in [3.8, 4) is 0 Å². The van der Waals surface area contributed by atoms with Gasteiger partial charge in [-0.05, 0) is 51.2 Å². The highest BCUT2D eigenvalue weighted by Crippen LogP contribution is 2.32. The number of carbonyl (C=O) groups is 3. The van der Waals surface area contributed by atoms with E-state index in [1.165, 1.54) is 0 Å². The number of para-hydroxylation sites is 1. The molecule has 1 N–H and O–H groups in total. The van der Waals surface area contributed by atoms with Gasteiger partial charge in [0.25, 0.3) is 0 Å². The predicted molar refractivity (Wildman–Crippen MR) is 109 cm³/mol. The maximum atomic E-state index is 13.2. The normalized spacial score (nSPS) is 18.4. The van der Waals surface area contributed by atoms with Gasteiger partial charge < -0.3 is 15.1 Å². The van der Waals surface area contributed by atoms with Crippen molar-refractivity contribution in [3.05, 3.63) is 30.3 Å². The molecule has 0 bridgehead atoms. The molecule has 2 fully saturated rings. The van der Waals surface area contributed by atoms with Gasteiger partial charge in [0.2, 0.25) is 17.7 Å². The van der Waals surface area contributed by atoms with Gasteiger partial charge in [-0.25, -0.2) is 0 Å². The number of anilines is 1. The van der Waals surface area contributed by atoms with E-state index in [0.717, 1.165) is 24.9 Å². The second-order valence-electron chi connectivity index (χ2n) is 7.94. The third kappa shape index (κ3) is 4.91. The largest absolute Gasteiger partial charge is 0.342 e. The minimum atomic E-state index is -0.529. The summed E-state index contributed by atoms with van der Waals surface area (Å²) < 4.78 is 0. The van der Waals surface area contributed by atoms with Crippen LogP contribution in [0.5, 0.6) is 0 Å². The number of likely N-dealkylation sites (tertiary alicyclic amines) is 1. The Labute approximate surface area is 167 Å². The van der Waals surface area contributed by atoms with Crippen LogP contribution in [0.4, 0.5) is 5.69 Å². The zero-order valence-corrected chi connectivity index (χ0v) is 16.9.